The first-order valence-electron chi connectivity index (χ1n) is 13.0. The molecule has 0 saturated carbocycles. The van der Waals surface area contributed by atoms with E-state index in [-0.39, 0.29) is 29.4 Å². The first-order valence-corrected chi connectivity index (χ1v) is 13.0. The summed E-state index contributed by atoms with van der Waals surface area (Å²) in [5.41, 5.74) is 0.872. The van der Waals surface area contributed by atoms with Gasteiger partial charge in [0.15, 0.2) is 0 Å². The zero-order chi connectivity index (χ0) is 26.8. The van der Waals surface area contributed by atoms with Gasteiger partial charge in [-0.3, -0.25) is 14.9 Å². The molecule has 0 aliphatic carbocycles. The Bertz CT molecular complexity index is 1060. The highest BCUT2D eigenvalue weighted by Gasteiger charge is 2.42. The molecule has 0 aromatic heterocycles. The van der Waals surface area contributed by atoms with Gasteiger partial charge >= 0.3 is 12.1 Å². The summed E-state index contributed by atoms with van der Waals surface area (Å²) in [7, 11) is 0. The molecular formula is C27H37N3O7. The van der Waals surface area contributed by atoms with Gasteiger partial charge in [0.25, 0.3) is 0 Å². The number of nitrogens with one attached hydrogen (secondary N) is 1. The second-order valence-corrected chi connectivity index (χ2v) is 11.3. The number of hydrogen-bond donors (Lipinski definition) is 2. The number of rotatable bonds is 5. The first kappa shape index (κ1) is 26.9. The molecule has 4 rings (SSSR count). The number of aromatic carboxylic acids is 1. The number of nitrogens with zero attached hydrogens (tertiary/aromatic N) is 2. The molecule has 3 fully saturated rings. The lowest BCUT2D eigenvalue weighted by Crippen LogP contribution is -2.58. The third kappa shape index (κ3) is 6.60. The first-order chi connectivity index (χ1) is 17.4. The smallest absolute Gasteiger partial charge is 0.410 e. The van der Waals surface area contributed by atoms with Crippen LogP contribution in [0.2, 0.25) is 0 Å². The van der Waals surface area contributed by atoms with Crippen LogP contribution in [0.1, 0.15) is 68.8 Å². The van der Waals surface area contributed by atoms with Crippen LogP contribution in [0.3, 0.4) is 0 Å². The molecule has 3 saturated heterocycles. The number of imide groups is 1. The Labute approximate surface area is 217 Å². The number of carbonyl (C=O) groups excluding carboxylic acids is 3. The van der Waals surface area contributed by atoms with Crippen molar-refractivity contribution in [2.24, 2.45) is 5.92 Å². The summed E-state index contributed by atoms with van der Waals surface area (Å²) in [5.74, 6) is -1.83. The standard InChI is InChI=1S/C27H37N3O7/c1-26(2,3)37-25(35)30-14-15-36-27(17-30)10-12-29(13-11-27)20-7-8-21(24(33)34)19(16-20)5-4-18-6-9-22(31)28-23(18)32/h7-8,16,18H,4-6,9-15,17H2,1-3H3,(H,33,34)(H,28,31,32). The molecule has 0 bridgehead atoms. The second kappa shape index (κ2) is 10.7. The van der Waals surface area contributed by atoms with E-state index in [1.165, 1.54) is 0 Å². The summed E-state index contributed by atoms with van der Waals surface area (Å²) in [6.07, 6.45) is 2.87. The van der Waals surface area contributed by atoms with Crippen molar-refractivity contribution < 1.29 is 33.8 Å². The highest BCUT2D eigenvalue weighted by molar-refractivity contribution is 5.98. The Morgan fingerprint density at radius 2 is 1.92 bits per heavy atom. The quantitative estimate of drug-likeness (QED) is 0.574. The summed E-state index contributed by atoms with van der Waals surface area (Å²) in [6, 6.07) is 5.36. The Kier molecular flexibility index (Phi) is 7.77. The predicted octanol–water partition coefficient (Wildman–Crippen LogP) is 2.98. The molecule has 3 aliphatic heterocycles. The second-order valence-electron chi connectivity index (χ2n) is 11.3. The minimum Gasteiger partial charge on any atom is -0.478 e. The van der Waals surface area contributed by atoms with Crippen molar-refractivity contribution >= 4 is 29.6 Å². The maximum absolute atomic E-state index is 12.6. The minimum atomic E-state index is -1.000. The number of anilines is 1. The zero-order valence-corrected chi connectivity index (χ0v) is 21.9. The topological polar surface area (TPSA) is 125 Å². The van der Waals surface area contributed by atoms with Gasteiger partial charge in [-0.25, -0.2) is 9.59 Å². The Morgan fingerprint density at radius 1 is 1.19 bits per heavy atom. The van der Waals surface area contributed by atoms with Crippen molar-refractivity contribution in [2.45, 2.75) is 70.5 Å². The van der Waals surface area contributed by atoms with Gasteiger partial charge in [0.1, 0.15) is 5.60 Å². The lowest BCUT2D eigenvalue weighted by atomic mass is 9.88. The van der Waals surface area contributed by atoms with Crippen molar-refractivity contribution in [1.82, 2.24) is 10.2 Å². The van der Waals surface area contributed by atoms with Crippen molar-refractivity contribution in [1.29, 1.82) is 0 Å². The molecule has 202 valence electrons. The fourth-order valence-corrected chi connectivity index (χ4v) is 5.34. The largest absolute Gasteiger partial charge is 0.478 e. The molecule has 1 aromatic carbocycles. The van der Waals surface area contributed by atoms with Crippen molar-refractivity contribution in [3.63, 3.8) is 0 Å². The van der Waals surface area contributed by atoms with E-state index in [1.54, 1.807) is 11.0 Å². The number of carboxylic acids is 1. The van der Waals surface area contributed by atoms with Gasteiger partial charge in [0.2, 0.25) is 11.8 Å². The van der Waals surface area contributed by atoms with Crippen molar-refractivity contribution in [2.75, 3.05) is 37.7 Å². The molecular weight excluding hydrogens is 478 g/mol. The number of piperidine rings is 2. The van der Waals surface area contributed by atoms with E-state index >= 15 is 0 Å². The van der Waals surface area contributed by atoms with Gasteiger partial charge in [-0.05, 0) is 76.6 Å². The molecule has 1 spiro atoms. The highest BCUT2D eigenvalue weighted by atomic mass is 16.6. The van der Waals surface area contributed by atoms with Crippen LogP contribution in [0, 0.1) is 5.92 Å². The molecule has 0 radical (unpaired) electrons. The highest BCUT2D eigenvalue weighted by Crippen LogP contribution is 2.34. The van der Waals surface area contributed by atoms with E-state index in [1.807, 2.05) is 32.9 Å². The third-order valence-electron chi connectivity index (χ3n) is 7.37. The van der Waals surface area contributed by atoms with E-state index in [2.05, 4.69) is 10.2 Å². The van der Waals surface area contributed by atoms with Gasteiger partial charge in [-0.15, -0.1) is 0 Å². The molecule has 37 heavy (non-hydrogen) atoms. The minimum absolute atomic E-state index is 0.230. The average Bonchev–Trinajstić information content (AvgIpc) is 2.83. The Balaban J connectivity index is 1.40. The molecule has 10 heteroatoms. The average molecular weight is 516 g/mol. The Morgan fingerprint density at radius 3 is 2.57 bits per heavy atom. The number of morpholine rings is 1. The van der Waals surface area contributed by atoms with E-state index in [4.69, 9.17) is 9.47 Å². The van der Waals surface area contributed by atoms with Crippen LogP contribution in [0.25, 0.3) is 0 Å². The van der Waals surface area contributed by atoms with Crippen LogP contribution >= 0.6 is 0 Å². The fraction of sp³-hybridized carbons (Fsp3) is 0.630. The van der Waals surface area contributed by atoms with Crippen LogP contribution in [0.4, 0.5) is 10.5 Å². The summed E-state index contributed by atoms with van der Waals surface area (Å²) in [5, 5.41) is 12.1. The van der Waals surface area contributed by atoms with Crippen molar-refractivity contribution in [3.8, 4) is 0 Å². The number of benzene rings is 1. The normalized spacial score (nSPS) is 22.1. The SMILES string of the molecule is CC(C)(C)OC(=O)N1CCOC2(CCN(c3ccc(C(=O)O)c(CCC4CCC(=O)NC4=O)c3)CC2)C1. The number of carboxylic acid groups (broad SMARTS) is 1. The molecule has 1 atom stereocenters. The molecule has 2 N–H and O–H groups in total. The van der Waals surface area contributed by atoms with Crippen LogP contribution in [-0.2, 0) is 25.5 Å². The lowest BCUT2D eigenvalue weighted by molar-refractivity contribution is -0.136. The number of hydrogen-bond acceptors (Lipinski definition) is 7. The van der Waals surface area contributed by atoms with Crippen molar-refractivity contribution in [3.05, 3.63) is 29.3 Å². The summed E-state index contributed by atoms with van der Waals surface area (Å²) in [6.45, 7) is 8.45. The van der Waals surface area contributed by atoms with Crippen LogP contribution < -0.4 is 10.2 Å². The number of amides is 3. The molecule has 10 nitrogen and oxygen atoms in total. The molecule has 3 aliphatic rings. The van der Waals surface area contributed by atoms with Gasteiger partial charge < -0.3 is 24.4 Å². The number of ether oxygens (including phenoxy) is 2. The maximum atomic E-state index is 12.6. The van der Waals surface area contributed by atoms with E-state index < -0.39 is 17.2 Å². The fourth-order valence-electron chi connectivity index (χ4n) is 5.34. The zero-order valence-electron chi connectivity index (χ0n) is 21.9. The van der Waals surface area contributed by atoms with Gasteiger partial charge in [0, 0.05) is 37.7 Å². The van der Waals surface area contributed by atoms with Crippen LogP contribution in [0.5, 0.6) is 0 Å². The summed E-state index contributed by atoms with van der Waals surface area (Å²) < 4.78 is 11.7. The van der Waals surface area contributed by atoms with E-state index in [0.29, 0.717) is 64.0 Å². The molecule has 1 aromatic rings. The van der Waals surface area contributed by atoms with Gasteiger partial charge in [0.05, 0.1) is 24.3 Å². The Hall–Kier alpha value is -3.14. The molecule has 3 heterocycles. The predicted molar refractivity (Wildman–Crippen MR) is 136 cm³/mol. The van der Waals surface area contributed by atoms with Crippen LogP contribution in [0.15, 0.2) is 18.2 Å². The van der Waals surface area contributed by atoms with E-state index in [9.17, 15) is 24.3 Å². The summed E-state index contributed by atoms with van der Waals surface area (Å²) >= 11 is 0. The molecule has 1 unspecified atom stereocenters. The lowest BCUT2D eigenvalue weighted by Gasteiger charge is -2.47. The van der Waals surface area contributed by atoms with E-state index in [0.717, 1.165) is 18.5 Å². The monoisotopic (exact) mass is 515 g/mol. The summed E-state index contributed by atoms with van der Waals surface area (Å²) in [4.78, 5) is 52.0. The number of aryl methyl sites for hydroxylation is 1. The number of carbonyl (C=O) groups is 4. The maximum Gasteiger partial charge on any atom is 0.410 e. The van der Waals surface area contributed by atoms with Gasteiger partial charge in [-0.2, -0.15) is 0 Å². The third-order valence-corrected chi connectivity index (χ3v) is 7.37. The van der Waals surface area contributed by atoms with Crippen LogP contribution in [-0.4, -0.2) is 77.9 Å². The van der Waals surface area contributed by atoms with Gasteiger partial charge in [-0.1, -0.05) is 0 Å². The molecule has 3 amide bonds.